The van der Waals surface area contributed by atoms with Crippen LogP contribution in [-0.4, -0.2) is 71.4 Å². The van der Waals surface area contributed by atoms with E-state index in [1.165, 1.54) is 23.1 Å². The van der Waals surface area contributed by atoms with E-state index in [2.05, 4.69) is 15.9 Å². The number of aromatic hydroxyl groups is 1. The second-order valence-electron chi connectivity index (χ2n) is 10.7. The molecule has 0 radical (unpaired) electrons. The lowest BCUT2D eigenvalue weighted by molar-refractivity contribution is -0.141. The molecule has 1 aromatic rings. The fourth-order valence-corrected chi connectivity index (χ4v) is 8.46. The largest absolute Gasteiger partial charge is 0.508 e. The number of amides is 4. The molecule has 6 atom stereocenters. The van der Waals surface area contributed by atoms with E-state index in [-0.39, 0.29) is 53.5 Å². The highest BCUT2D eigenvalue weighted by Gasteiger charge is 2.76. The highest BCUT2D eigenvalue weighted by atomic mass is 79.9. The number of alkyl halides is 3. The summed E-state index contributed by atoms with van der Waals surface area (Å²) in [4.78, 5) is 63.4. The molecule has 3 fully saturated rings. The van der Waals surface area contributed by atoms with Gasteiger partial charge in [-0.25, -0.2) is 0 Å². The molecule has 5 rings (SSSR count). The number of halogens is 4. The minimum Gasteiger partial charge on any atom is -0.508 e. The van der Waals surface area contributed by atoms with E-state index < -0.39 is 57.1 Å². The number of carboxylic acid groups (broad SMARTS) is 1. The van der Waals surface area contributed by atoms with Crippen LogP contribution in [0, 0.1) is 17.8 Å². The third-order valence-electron chi connectivity index (χ3n) is 8.68. The van der Waals surface area contributed by atoms with Crippen molar-refractivity contribution in [2.24, 2.45) is 17.8 Å². The van der Waals surface area contributed by atoms with Gasteiger partial charge >= 0.3 is 5.97 Å². The van der Waals surface area contributed by atoms with Gasteiger partial charge in [-0.3, -0.25) is 33.8 Å². The molecule has 4 aliphatic rings. The van der Waals surface area contributed by atoms with Crippen LogP contribution in [0.25, 0.3) is 0 Å². The Morgan fingerprint density at radius 1 is 1.02 bits per heavy atom. The second kappa shape index (κ2) is 10.6. The molecule has 2 saturated heterocycles. The first-order valence-electron chi connectivity index (χ1n) is 12.9. The van der Waals surface area contributed by atoms with Crippen LogP contribution >= 0.6 is 50.7 Å². The fraction of sp³-hybridized carbons (Fsp3) is 0.519. The Morgan fingerprint density at radius 2 is 1.75 bits per heavy atom. The highest BCUT2D eigenvalue weighted by Crippen LogP contribution is 2.66. The van der Waals surface area contributed by atoms with E-state index in [9.17, 15) is 29.1 Å². The van der Waals surface area contributed by atoms with Crippen LogP contribution in [0.4, 0.5) is 0 Å². The zero-order chi connectivity index (χ0) is 29.1. The van der Waals surface area contributed by atoms with Crippen LogP contribution in [0.1, 0.15) is 50.0 Å². The molecule has 0 aromatic heterocycles. The predicted octanol–water partition coefficient (Wildman–Crippen LogP) is 4.40. The number of carbonyl (C=O) groups excluding carboxylic acids is 4. The summed E-state index contributed by atoms with van der Waals surface area (Å²) in [5.74, 6) is -6.57. The molecule has 1 aromatic carbocycles. The Morgan fingerprint density at radius 3 is 2.42 bits per heavy atom. The summed E-state index contributed by atoms with van der Waals surface area (Å²) in [5, 5.41) is 20.0. The average molecular weight is 677 g/mol. The molecule has 9 nitrogen and oxygen atoms in total. The molecule has 2 N–H and O–H groups in total. The lowest BCUT2D eigenvalue weighted by Gasteiger charge is -2.50. The Kier molecular flexibility index (Phi) is 7.78. The van der Waals surface area contributed by atoms with Crippen molar-refractivity contribution in [3.05, 3.63) is 40.4 Å². The molecular formula is C27H26BrCl3N2O7. The van der Waals surface area contributed by atoms with Gasteiger partial charge in [0.1, 0.15) is 5.75 Å². The molecule has 2 aliphatic heterocycles. The van der Waals surface area contributed by atoms with E-state index in [0.29, 0.717) is 24.8 Å². The summed E-state index contributed by atoms with van der Waals surface area (Å²) in [5.41, 5.74) is 0.615. The number of unbranched alkanes of at least 4 members (excludes halogenated alkanes) is 2. The van der Waals surface area contributed by atoms with Gasteiger partial charge in [0.2, 0.25) is 11.8 Å². The van der Waals surface area contributed by atoms with E-state index in [1.54, 1.807) is 6.08 Å². The van der Waals surface area contributed by atoms with Gasteiger partial charge in [0.15, 0.2) is 9.75 Å². The van der Waals surface area contributed by atoms with Crippen molar-refractivity contribution >= 4 is 80.3 Å². The topological polar surface area (TPSA) is 132 Å². The van der Waals surface area contributed by atoms with Gasteiger partial charge in [-0.1, -0.05) is 45.6 Å². The van der Waals surface area contributed by atoms with Gasteiger partial charge in [-0.15, -0.1) is 23.2 Å². The van der Waals surface area contributed by atoms with Crippen LogP contribution in [-0.2, 0) is 24.0 Å². The number of fused-ring (bicyclic) bond motifs is 4. The quantitative estimate of drug-likeness (QED) is 0.137. The number of imide groups is 2. The molecule has 0 spiro atoms. The number of carboxylic acids is 1. The third kappa shape index (κ3) is 4.20. The average Bonchev–Trinajstić information content (AvgIpc) is 3.23. The van der Waals surface area contributed by atoms with E-state index in [0.717, 1.165) is 4.90 Å². The van der Waals surface area contributed by atoms with Gasteiger partial charge < -0.3 is 10.2 Å². The molecule has 0 bridgehead atoms. The lowest BCUT2D eigenvalue weighted by atomic mass is 9.56. The molecule has 2 aliphatic carbocycles. The van der Waals surface area contributed by atoms with Gasteiger partial charge in [0.05, 0.1) is 17.3 Å². The molecule has 13 heteroatoms. The molecule has 4 amide bonds. The van der Waals surface area contributed by atoms with Crippen molar-refractivity contribution in [2.75, 3.05) is 12.0 Å². The summed E-state index contributed by atoms with van der Waals surface area (Å²) < 4.78 is 0. The van der Waals surface area contributed by atoms with Crippen LogP contribution in [0.3, 0.4) is 0 Å². The number of allylic oxidation sites excluding steroid dienone is 2. The van der Waals surface area contributed by atoms with Crippen LogP contribution in [0.15, 0.2) is 29.8 Å². The van der Waals surface area contributed by atoms with Crippen molar-refractivity contribution in [1.82, 2.24) is 9.80 Å². The monoisotopic (exact) mass is 674 g/mol. The van der Waals surface area contributed by atoms with Gasteiger partial charge in [-0.2, -0.15) is 0 Å². The summed E-state index contributed by atoms with van der Waals surface area (Å²) in [6.45, 7) is 0.158. The molecular weight excluding hydrogens is 651 g/mol. The van der Waals surface area contributed by atoms with E-state index >= 15 is 0 Å². The van der Waals surface area contributed by atoms with E-state index in [1.807, 2.05) is 0 Å². The van der Waals surface area contributed by atoms with Crippen LogP contribution in [0.2, 0.25) is 5.02 Å². The Labute approximate surface area is 253 Å². The molecule has 2 heterocycles. The smallest absolute Gasteiger partial charge is 0.303 e. The maximum absolute atomic E-state index is 13.8. The lowest BCUT2D eigenvalue weighted by Crippen LogP contribution is -2.60. The Bertz CT molecular complexity index is 1360. The Balaban J connectivity index is 1.55. The molecule has 214 valence electrons. The minimum atomic E-state index is -2.02. The van der Waals surface area contributed by atoms with Gasteiger partial charge in [0.25, 0.3) is 11.8 Å². The number of phenols is 1. The molecule has 0 unspecified atom stereocenters. The zero-order valence-corrected chi connectivity index (χ0v) is 25.0. The second-order valence-corrected chi connectivity index (χ2v) is 12.9. The van der Waals surface area contributed by atoms with E-state index in [4.69, 9.17) is 39.9 Å². The first kappa shape index (κ1) is 29.4. The van der Waals surface area contributed by atoms with Crippen molar-refractivity contribution in [1.29, 1.82) is 0 Å². The summed E-state index contributed by atoms with van der Waals surface area (Å²) in [7, 11) is 0. The van der Waals surface area contributed by atoms with Crippen molar-refractivity contribution in [3.63, 3.8) is 0 Å². The maximum atomic E-state index is 13.8. The first-order chi connectivity index (χ1) is 18.9. The van der Waals surface area contributed by atoms with Crippen molar-refractivity contribution in [2.45, 2.75) is 54.2 Å². The summed E-state index contributed by atoms with van der Waals surface area (Å²) in [6.07, 6.45) is 3.30. The first-order valence-corrected chi connectivity index (χ1v) is 15.2. The molecule has 40 heavy (non-hydrogen) atoms. The molecule has 1 saturated carbocycles. The minimum absolute atomic E-state index is 0.0103. The maximum Gasteiger partial charge on any atom is 0.303 e. The predicted molar refractivity (Wildman–Crippen MR) is 149 cm³/mol. The normalized spacial score (nSPS) is 33.1. The standard InChI is InChI=1S/C27H26BrCl3N2O7/c28-12-33-24(39)26(30)11-17-14(21(27(26,31)25(33)40)16-10-13(29)5-8-18(16)34)6-7-15-20(17)23(38)32(22(15)37)9-3-1-2-4-19(35)36/h5-6,8,10,15,17,20-21,34H,1-4,7,9,11-12H2,(H,35,36)/t15-,17+,20-,21+,26+,27-/m0/s1. The van der Waals surface area contributed by atoms with Crippen LogP contribution in [0.5, 0.6) is 5.75 Å². The number of aliphatic carboxylic acids is 1. The van der Waals surface area contributed by atoms with Gasteiger partial charge in [0, 0.05) is 29.5 Å². The Hall–Kier alpha value is -2.14. The third-order valence-corrected chi connectivity index (χ3v) is 10.8. The SMILES string of the molecule is O=C(O)CCCCCN1C(=O)[C@H]2[C@H](CC=C3[C@H]2C[C@@]2(Cl)C(=O)N(CBr)C(=O)[C@@]2(Cl)[C@H]3c2cc(Cl)ccc2O)C1=O. The zero-order valence-electron chi connectivity index (χ0n) is 21.1. The number of nitrogens with zero attached hydrogens (tertiary/aromatic N) is 2. The fourth-order valence-electron chi connectivity index (χ4n) is 6.86. The number of likely N-dealkylation sites (tertiary alicyclic amines) is 2. The number of hydrogen-bond donors (Lipinski definition) is 2. The number of hydrogen-bond acceptors (Lipinski definition) is 6. The number of benzene rings is 1. The van der Waals surface area contributed by atoms with Crippen LogP contribution < -0.4 is 0 Å². The highest BCUT2D eigenvalue weighted by molar-refractivity contribution is 9.09. The van der Waals surface area contributed by atoms with Gasteiger partial charge in [-0.05, 0) is 49.8 Å². The van der Waals surface area contributed by atoms with Crippen molar-refractivity contribution < 1.29 is 34.2 Å². The summed E-state index contributed by atoms with van der Waals surface area (Å²) in [6, 6.07) is 4.31. The summed E-state index contributed by atoms with van der Waals surface area (Å²) >= 11 is 23.7. The number of rotatable bonds is 8. The van der Waals surface area contributed by atoms with Crippen molar-refractivity contribution in [3.8, 4) is 5.75 Å². The number of phenolic OH excluding ortho intramolecular Hbond substituents is 1. The number of carbonyl (C=O) groups is 5.